The van der Waals surface area contributed by atoms with E-state index in [4.69, 9.17) is 0 Å². The molecule has 0 unspecified atom stereocenters. The summed E-state index contributed by atoms with van der Waals surface area (Å²) in [6, 6.07) is 8.83. The zero-order chi connectivity index (χ0) is 12.4. The average Bonchev–Trinajstić information content (AvgIpc) is 2.32. The lowest BCUT2D eigenvalue weighted by atomic mass is 10.0. The van der Waals surface area contributed by atoms with Gasteiger partial charge < -0.3 is 0 Å². The minimum Gasteiger partial charge on any atom is -0.253 e. The summed E-state index contributed by atoms with van der Waals surface area (Å²) in [5, 5.41) is 0. The summed E-state index contributed by atoms with van der Waals surface area (Å²) < 4.78 is 13.8. The number of hydrogen-bond donors (Lipinski definition) is 0. The van der Waals surface area contributed by atoms with Gasteiger partial charge in [-0.3, -0.25) is 4.98 Å². The number of rotatable bonds is 2. The maximum Gasteiger partial charge on any atom is 0.131 e. The lowest BCUT2D eigenvalue weighted by molar-refractivity contribution is 0.630. The van der Waals surface area contributed by atoms with Crippen molar-refractivity contribution in [3.05, 3.63) is 59.7 Å². The smallest absolute Gasteiger partial charge is 0.131 e. The number of halogens is 1. The molecular formula is C15H14FN. The van der Waals surface area contributed by atoms with Crippen molar-refractivity contribution in [2.45, 2.75) is 13.8 Å². The van der Waals surface area contributed by atoms with Crippen molar-refractivity contribution in [3.63, 3.8) is 0 Å². The molecule has 1 heterocycles. The summed E-state index contributed by atoms with van der Waals surface area (Å²) >= 11 is 0. The highest BCUT2D eigenvalue weighted by molar-refractivity contribution is 5.68. The van der Waals surface area contributed by atoms with E-state index < -0.39 is 0 Å². The van der Waals surface area contributed by atoms with Crippen molar-refractivity contribution in [2.24, 2.45) is 0 Å². The van der Waals surface area contributed by atoms with Crippen LogP contribution in [0.3, 0.4) is 0 Å². The van der Waals surface area contributed by atoms with Gasteiger partial charge in [-0.2, -0.15) is 0 Å². The quantitative estimate of drug-likeness (QED) is 0.751. The summed E-state index contributed by atoms with van der Waals surface area (Å²) in [5.74, 6) is -0.216. The molecule has 0 N–H and O–H groups in total. The third-order valence-electron chi connectivity index (χ3n) is 2.73. The minimum atomic E-state index is -0.216. The van der Waals surface area contributed by atoms with Gasteiger partial charge in [-0.1, -0.05) is 24.3 Å². The van der Waals surface area contributed by atoms with Crippen LogP contribution in [0, 0.1) is 19.7 Å². The summed E-state index contributed by atoms with van der Waals surface area (Å²) in [6.45, 7) is 7.50. The van der Waals surface area contributed by atoms with Gasteiger partial charge in [-0.25, -0.2) is 4.39 Å². The third-order valence-corrected chi connectivity index (χ3v) is 2.73. The summed E-state index contributed by atoms with van der Waals surface area (Å²) in [4.78, 5) is 4.35. The van der Waals surface area contributed by atoms with Gasteiger partial charge in [0.15, 0.2) is 0 Å². The minimum absolute atomic E-state index is 0.216. The number of aryl methyl sites for hydroxylation is 2. The molecule has 1 nitrogen and oxygen atoms in total. The fourth-order valence-electron chi connectivity index (χ4n) is 1.82. The van der Waals surface area contributed by atoms with Crippen molar-refractivity contribution in [3.8, 4) is 11.1 Å². The van der Waals surface area contributed by atoms with Crippen LogP contribution < -0.4 is 0 Å². The summed E-state index contributed by atoms with van der Waals surface area (Å²) in [5.41, 5.74) is 4.09. The molecule has 0 aliphatic rings. The van der Waals surface area contributed by atoms with E-state index in [0.29, 0.717) is 5.56 Å². The molecule has 0 amide bonds. The predicted octanol–water partition coefficient (Wildman–Crippen LogP) is 4.15. The zero-order valence-corrected chi connectivity index (χ0v) is 10.00. The number of nitrogens with zero attached hydrogens (tertiary/aromatic N) is 1. The Morgan fingerprint density at radius 2 is 1.88 bits per heavy atom. The molecule has 1 aromatic carbocycles. The van der Waals surface area contributed by atoms with Crippen molar-refractivity contribution >= 4 is 6.08 Å². The fourth-order valence-corrected chi connectivity index (χ4v) is 1.82. The predicted molar refractivity (Wildman–Crippen MR) is 69.2 cm³/mol. The molecule has 17 heavy (non-hydrogen) atoms. The number of pyridine rings is 1. The van der Waals surface area contributed by atoms with Crippen LogP contribution in [0.4, 0.5) is 4.39 Å². The summed E-state index contributed by atoms with van der Waals surface area (Å²) in [6.07, 6.45) is 1.68. The Morgan fingerprint density at radius 3 is 2.53 bits per heavy atom. The van der Waals surface area contributed by atoms with E-state index in [9.17, 15) is 4.39 Å². The Morgan fingerprint density at radius 1 is 1.12 bits per heavy atom. The molecule has 0 aliphatic carbocycles. The molecule has 0 saturated carbocycles. The van der Waals surface area contributed by atoms with Crippen molar-refractivity contribution < 1.29 is 4.39 Å². The molecule has 2 heteroatoms. The Kier molecular flexibility index (Phi) is 3.05. The highest BCUT2D eigenvalue weighted by atomic mass is 19.1. The van der Waals surface area contributed by atoms with Gasteiger partial charge in [0.2, 0.25) is 0 Å². The Labute approximate surface area is 101 Å². The average molecular weight is 227 g/mol. The molecule has 0 radical (unpaired) electrons. The van der Waals surface area contributed by atoms with Crippen LogP contribution in [-0.2, 0) is 0 Å². The maximum absolute atomic E-state index is 13.8. The molecule has 2 rings (SSSR count). The van der Waals surface area contributed by atoms with E-state index in [2.05, 4.69) is 11.6 Å². The van der Waals surface area contributed by atoms with Crippen molar-refractivity contribution in [1.82, 2.24) is 4.98 Å². The van der Waals surface area contributed by atoms with Crippen LogP contribution in [0.1, 0.15) is 17.0 Å². The standard InChI is InChI=1S/C15H14FN/c1-4-12-6-7-13(11(3)17-12)14-9-10(2)5-8-15(14)16/h4-9H,1H2,2-3H3. The topological polar surface area (TPSA) is 12.9 Å². The molecule has 0 bridgehead atoms. The van der Waals surface area contributed by atoms with Crippen LogP contribution in [-0.4, -0.2) is 4.98 Å². The van der Waals surface area contributed by atoms with E-state index in [1.807, 2.05) is 32.0 Å². The van der Waals surface area contributed by atoms with Crippen LogP contribution in [0.5, 0.6) is 0 Å². The first kappa shape index (κ1) is 11.5. The van der Waals surface area contributed by atoms with Crippen molar-refractivity contribution in [2.75, 3.05) is 0 Å². The molecule has 1 aromatic heterocycles. The van der Waals surface area contributed by atoms with Crippen LogP contribution >= 0.6 is 0 Å². The summed E-state index contributed by atoms with van der Waals surface area (Å²) in [7, 11) is 0. The monoisotopic (exact) mass is 227 g/mol. The van der Waals surface area contributed by atoms with E-state index in [0.717, 1.165) is 22.5 Å². The molecule has 0 atom stereocenters. The van der Waals surface area contributed by atoms with E-state index in [1.54, 1.807) is 12.1 Å². The first-order valence-corrected chi connectivity index (χ1v) is 5.48. The van der Waals surface area contributed by atoms with Crippen LogP contribution in [0.25, 0.3) is 17.2 Å². The van der Waals surface area contributed by atoms with E-state index in [1.165, 1.54) is 6.07 Å². The second-order valence-corrected chi connectivity index (χ2v) is 4.06. The second-order valence-electron chi connectivity index (χ2n) is 4.06. The van der Waals surface area contributed by atoms with Gasteiger partial charge in [0.25, 0.3) is 0 Å². The first-order chi connectivity index (χ1) is 8.11. The first-order valence-electron chi connectivity index (χ1n) is 5.48. The zero-order valence-electron chi connectivity index (χ0n) is 10.00. The molecule has 0 aliphatic heterocycles. The Hall–Kier alpha value is -1.96. The lowest BCUT2D eigenvalue weighted by Crippen LogP contribution is -1.93. The number of aromatic nitrogens is 1. The van der Waals surface area contributed by atoms with Gasteiger partial charge in [0.1, 0.15) is 5.82 Å². The molecule has 0 saturated heterocycles. The maximum atomic E-state index is 13.8. The van der Waals surface area contributed by atoms with Gasteiger partial charge in [0.05, 0.1) is 5.69 Å². The Balaban J connectivity index is 2.60. The van der Waals surface area contributed by atoms with E-state index in [-0.39, 0.29) is 5.82 Å². The van der Waals surface area contributed by atoms with Crippen LogP contribution in [0.2, 0.25) is 0 Å². The Bertz CT molecular complexity index is 573. The van der Waals surface area contributed by atoms with Gasteiger partial charge in [-0.15, -0.1) is 0 Å². The second kappa shape index (κ2) is 4.50. The molecule has 0 fully saturated rings. The van der Waals surface area contributed by atoms with Crippen molar-refractivity contribution in [1.29, 1.82) is 0 Å². The van der Waals surface area contributed by atoms with Crippen LogP contribution in [0.15, 0.2) is 36.9 Å². The normalized spacial score (nSPS) is 10.3. The highest BCUT2D eigenvalue weighted by Crippen LogP contribution is 2.26. The molecule has 2 aromatic rings. The van der Waals surface area contributed by atoms with Gasteiger partial charge in [0, 0.05) is 16.8 Å². The largest absolute Gasteiger partial charge is 0.253 e. The molecule has 0 spiro atoms. The number of hydrogen-bond acceptors (Lipinski definition) is 1. The fraction of sp³-hybridized carbons (Fsp3) is 0.133. The molecular weight excluding hydrogens is 213 g/mol. The lowest BCUT2D eigenvalue weighted by Gasteiger charge is -2.08. The molecule has 86 valence electrons. The highest BCUT2D eigenvalue weighted by Gasteiger charge is 2.08. The SMILES string of the molecule is C=Cc1ccc(-c2cc(C)ccc2F)c(C)n1. The third kappa shape index (κ3) is 2.26. The van der Waals surface area contributed by atoms with Gasteiger partial charge in [-0.05, 0) is 38.1 Å². The number of benzene rings is 1. The van der Waals surface area contributed by atoms with Gasteiger partial charge >= 0.3 is 0 Å². The van der Waals surface area contributed by atoms with E-state index >= 15 is 0 Å².